The number of benzene rings is 1. The number of hydrogen-bond acceptors (Lipinski definition) is 5. The lowest BCUT2D eigenvalue weighted by Gasteiger charge is -2.28. The minimum atomic E-state index is 0.367. The smallest absolute Gasteiger partial charge is 0.191 e. The zero-order valence-electron chi connectivity index (χ0n) is 17.1. The Labute approximate surface area is 172 Å². The lowest BCUT2D eigenvalue weighted by Crippen LogP contribution is -2.36. The van der Waals surface area contributed by atoms with Crippen molar-refractivity contribution >= 4 is 23.4 Å². The SMILES string of the molecule is CCNC(=NCc1ccc(N2CCSCC2)cc1)NCc1cc(C(C)C)no1. The van der Waals surface area contributed by atoms with Crippen molar-refractivity contribution in [1.82, 2.24) is 15.8 Å². The van der Waals surface area contributed by atoms with Crippen LogP contribution >= 0.6 is 11.8 Å². The van der Waals surface area contributed by atoms with Gasteiger partial charge in [0.25, 0.3) is 0 Å². The molecule has 152 valence electrons. The van der Waals surface area contributed by atoms with Crippen LogP contribution in [0.25, 0.3) is 0 Å². The fraction of sp³-hybridized carbons (Fsp3) is 0.524. The van der Waals surface area contributed by atoms with Crippen LogP contribution in [0.3, 0.4) is 0 Å². The Morgan fingerprint density at radius 2 is 1.96 bits per heavy atom. The number of aliphatic imine (C=N–C) groups is 1. The summed E-state index contributed by atoms with van der Waals surface area (Å²) in [6, 6.07) is 10.8. The Morgan fingerprint density at radius 3 is 2.61 bits per heavy atom. The average molecular weight is 402 g/mol. The number of rotatable bonds is 7. The minimum absolute atomic E-state index is 0.367. The van der Waals surface area contributed by atoms with Crippen molar-refractivity contribution < 1.29 is 4.52 Å². The second-order valence-electron chi connectivity index (χ2n) is 7.19. The minimum Gasteiger partial charge on any atom is -0.370 e. The Hall–Kier alpha value is -2.15. The maximum Gasteiger partial charge on any atom is 0.191 e. The van der Waals surface area contributed by atoms with Crippen LogP contribution in [0.2, 0.25) is 0 Å². The van der Waals surface area contributed by atoms with Crippen LogP contribution in [-0.2, 0) is 13.1 Å². The van der Waals surface area contributed by atoms with Gasteiger partial charge in [0.1, 0.15) is 0 Å². The van der Waals surface area contributed by atoms with Gasteiger partial charge in [-0.2, -0.15) is 11.8 Å². The molecule has 1 aliphatic heterocycles. The van der Waals surface area contributed by atoms with E-state index in [1.807, 2.05) is 17.8 Å². The fourth-order valence-electron chi connectivity index (χ4n) is 3.00. The Bertz CT molecular complexity index is 750. The van der Waals surface area contributed by atoms with Gasteiger partial charge in [0, 0.05) is 42.9 Å². The molecule has 1 fully saturated rings. The second kappa shape index (κ2) is 10.4. The normalized spacial score (nSPS) is 15.1. The van der Waals surface area contributed by atoms with Crippen molar-refractivity contribution in [3.63, 3.8) is 0 Å². The van der Waals surface area contributed by atoms with E-state index in [1.165, 1.54) is 22.8 Å². The van der Waals surface area contributed by atoms with E-state index in [0.29, 0.717) is 19.0 Å². The third-order valence-corrected chi connectivity index (χ3v) is 5.62. The summed E-state index contributed by atoms with van der Waals surface area (Å²) in [6.45, 7) is 10.6. The van der Waals surface area contributed by atoms with E-state index < -0.39 is 0 Å². The number of anilines is 1. The quantitative estimate of drug-likeness (QED) is 0.546. The first kappa shape index (κ1) is 20.6. The summed E-state index contributed by atoms with van der Waals surface area (Å²) in [5, 5.41) is 10.7. The van der Waals surface area contributed by atoms with Gasteiger partial charge >= 0.3 is 0 Å². The molecule has 28 heavy (non-hydrogen) atoms. The molecule has 1 saturated heterocycles. The molecule has 3 rings (SSSR count). The molecule has 0 aliphatic carbocycles. The molecule has 1 aromatic carbocycles. The molecule has 0 radical (unpaired) electrons. The van der Waals surface area contributed by atoms with Crippen LogP contribution in [0.5, 0.6) is 0 Å². The van der Waals surface area contributed by atoms with Gasteiger partial charge in [0.2, 0.25) is 0 Å². The topological polar surface area (TPSA) is 65.7 Å². The van der Waals surface area contributed by atoms with Crippen molar-refractivity contribution in [1.29, 1.82) is 0 Å². The lowest BCUT2D eigenvalue weighted by molar-refractivity contribution is 0.372. The Morgan fingerprint density at radius 1 is 1.21 bits per heavy atom. The molecule has 0 unspecified atom stereocenters. The number of nitrogens with zero attached hydrogens (tertiary/aromatic N) is 3. The van der Waals surface area contributed by atoms with Crippen LogP contribution in [0.15, 0.2) is 39.8 Å². The summed E-state index contributed by atoms with van der Waals surface area (Å²) in [4.78, 5) is 7.15. The lowest BCUT2D eigenvalue weighted by atomic mass is 10.1. The molecular weight excluding hydrogens is 370 g/mol. The van der Waals surface area contributed by atoms with Crippen LogP contribution in [0.4, 0.5) is 5.69 Å². The standard InChI is InChI=1S/C21H31N5OS/c1-4-22-21(24-15-19-13-20(16(2)3)25-27-19)23-14-17-5-7-18(8-6-17)26-9-11-28-12-10-26/h5-8,13,16H,4,9-12,14-15H2,1-3H3,(H2,22,23,24). The third-order valence-electron chi connectivity index (χ3n) is 4.68. The highest BCUT2D eigenvalue weighted by atomic mass is 32.2. The summed E-state index contributed by atoms with van der Waals surface area (Å²) in [5.41, 5.74) is 3.49. The molecule has 1 aliphatic rings. The first-order valence-corrected chi connectivity index (χ1v) is 11.2. The highest BCUT2D eigenvalue weighted by Gasteiger charge is 2.11. The predicted molar refractivity (Wildman–Crippen MR) is 118 cm³/mol. The zero-order chi connectivity index (χ0) is 19.8. The number of nitrogens with one attached hydrogen (secondary N) is 2. The molecule has 2 heterocycles. The van der Waals surface area contributed by atoms with Gasteiger partial charge in [-0.3, -0.25) is 0 Å². The summed E-state index contributed by atoms with van der Waals surface area (Å²) >= 11 is 2.03. The molecule has 6 nitrogen and oxygen atoms in total. The maximum atomic E-state index is 5.39. The van der Waals surface area contributed by atoms with E-state index in [0.717, 1.165) is 37.0 Å². The van der Waals surface area contributed by atoms with E-state index in [-0.39, 0.29) is 0 Å². The molecule has 0 saturated carbocycles. The van der Waals surface area contributed by atoms with E-state index in [2.05, 4.69) is 65.7 Å². The summed E-state index contributed by atoms with van der Waals surface area (Å²) < 4.78 is 5.39. The number of hydrogen-bond donors (Lipinski definition) is 2. The molecule has 0 atom stereocenters. The van der Waals surface area contributed by atoms with Gasteiger partial charge in [-0.15, -0.1) is 0 Å². The Kier molecular flexibility index (Phi) is 7.65. The summed E-state index contributed by atoms with van der Waals surface area (Å²) in [5.74, 6) is 4.40. The average Bonchev–Trinajstić information content (AvgIpc) is 3.21. The van der Waals surface area contributed by atoms with Crippen molar-refractivity contribution in [2.45, 2.75) is 39.8 Å². The molecule has 2 aromatic rings. The largest absolute Gasteiger partial charge is 0.370 e. The highest BCUT2D eigenvalue weighted by molar-refractivity contribution is 7.99. The maximum absolute atomic E-state index is 5.39. The van der Waals surface area contributed by atoms with Gasteiger partial charge in [-0.25, -0.2) is 4.99 Å². The molecule has 0 spiro atoms. The summed E-state index contributed by atoms with van der Waals surface area (Å²) in [7, 11) is 0. The first-order valence-electron chi connectivity index (χ1n) is 10.0. The first-order chi connectivity index (χ1) is 13.7. The van der Waals surface area contributed by atoms with Crippen LogP contribution in [0.1, 0.15) is 43.7 Å². The van der Waals surface area contributed by atoms with Crippen molar-refractivity contribution in [2.24, 2.45) is 4.99 Å². The van der Waals surface area contributed by atoms with Gasteiger partial charge in [0.15, 0.2) is 11.7 Å². The molecule has 1 aromatic heterocycles. The van der Waals surface area contributed by atoms with E-state index in [4.69, 9.17) is 9.52 Å². The molecule has 0 bridgehead atoms. The van der Waals surface area contributed by atoms with E-state index >= 15 is 0 Å². The van der Waals surface area contributed by atoms with Crippen LogP contribution in [-0.4, -0.2) is 42.3 Å². The molecular formula is C21H31N5OS. The van der Waals surface area contributed by atoms with Crippen molar-refractivity contribution in [3.05, 3.63) is 47.3 Å². The fourth-order valence-corrected chi connectivity index (χ4v) is 3.90. The van der Waals surface area contributed by atoms with E-state index in [9.17, 15) is 0 Å². The highest BCUT2D eigenvalue weighted by Crippen LogP contribution is 2.20. The Balaban J connectivity index is 1.55. The van der Waals surface area contributed by atoms with Crippen LogP contribution < -0.4 is 15.5 Å². The van der Waals surface area contributed by atoms with Crippen LogP contribution in [0, 0.1) is 0 Å². The van der Waals surface area contributed by atoms with E-state index in [1.54, 1.807) is 0 Å². The predicted octanol–water partition coefficient (Wildman–Crippen LogP) is 3.61. The molecule has 0 amide bonds. The molecule has 7 heteroatoms. The number of thioether (sulfide) groups is 1. The third kappa shape index (κ3) is 5.92. The zero-order valence-corrected chi connectivity index (χ0v) is 17.9. The van der Waals surface area contributed by atoms with Gasteiger partial charge in [-0.05, 0) is 30.5 Å². The van der Waals surface area contributed by atoms with Gasteiger partial charge in [0.05, 0.1) is 18.8 Å². The number of aromatic nitrogens is 1. The van der Waals surface area contributed by atoms with Crippen molar-refractivity contribution in [2.75, 3.05) is 36.0 Å². The van der Waals surface area contributed by atoms with Gasteiger partial charge < -0.3 is 20.1 Å². The van der Waals surface area contributed by atoms with Gasteiger partial charge in [-0.1, -0.05) is 31.1 Å². The number of guanidine groups is 1. The molecule has 2 N–H and O–H groups in total. The van der Waals surface area contributed by atoms with Crippen molar-refractivity contribution in [3.8, 4) is 0 Å². The summed E-state index contributed by atoms with van der Waals surface area (Å²) in [6.07, 6.45) is 0. The monoisotopic (exact) mass is 401 g/mol. The second-order valence-corrected chi connectivity index (χ2v) is 8.41.